The van der Waals surface area contributed by atoms with Crippen molar-refractivity contribution in [3.63, 3.8) is 0 Å². The van der Waals surface area contributed by atoms with Crippen LogP contribution in [0.4, 0.5) is 5.69 Å². The summed E-state index contributed by atoms with van der Waals surface area (Å²) in [6.45, 7) is 0.575. The summed E-state index contributed by atoms with van der Waals surface area (Å²) in [6.07, 6.45) is 1.44. The molecule has 0 N–H and O–H groups in total. The van der Waals surface area contributed by atoms with Crippen LogP contribution in [-0.4, -0.2) is 38.6 Å². The van der Waals surface area contributed by atoms with Crippen LogP contribution in [0.15, 0.2) is 54.6 Å². The Morgan fingerprint density at radius 2 is 1.85 bits per heavy atom. The average molecular weight is 363 g/mol. The zero-order valence-electron chi connectivity index (χ0n) is 14.5. The third kappa shape index (κ3) is 3.84. The topological polar surface area (TPSA) is 90.2 Å². The maximum atomic E-state index is 12.1. The molecule has 0 spiro atoms. The summed E-state index contributed by atoms with van der Waals surface area (Å²) in [5.74, 6) is 0.463. The van der Waals surface area contributed by atoms with Gasteiger partial charge in [-0.3, -0.25) is 4.79 Å². The molecule has 27 heavy (non-hydrogen) atoms. The van der Waals surface area contributed by atoms with Crippen molar-refractivity contribution in [1.29, 1.82) is 0 Å². The van der Waals surface area contributed by atoms with E-state index in [1.807, 2.05) is 30.3 Å². The molecule has 2 aromatic carbocycles. The van der Waals surface area contributed by atoms with Crippen molar-refractivity contribution in [3.05, 3.63) is 54.6 Å². The monoisotopic (exact) mass is 363 g/mol. The van der Waals surface area contributed by atoms with Crippen LogP contribution in [-0.2, 0) is 16.1 Å². The van der Waals surface area contributed by atoms with Crippen molar-refractivity contribution < 1.29 is 14.3 Å². The van der Waals surface area contributed by atoms with Gasteiger partial charge in [-0.05, 0) is 35.9 Å². The number of anilines is 1. The molecule has 1 fully saturated rings. The number of rotatable bonds is 5. The zero-order valence-corrected chi connectivity index (χ0v) is 14.5. The first-order valence-corrected chi connectivity index (χ1v) is 8.63. The molecule has 2 heterocycles. The minimum atomic E-state index is -0.503. The van der Waals surface area contributed by atoms with E-state index in [1.165, 1.54) is 4.80 Å². The first-order valence-electron chi connectivity index (χ1n) is 8.63. The molecular formula is C19H17N5O3. The van der Waals surface area contributed by atoms with Crippen molar-refractivity contribution in [2.45, 2.75) is 19.4 Å². The van der Waals surface area contributed by atoms with Crippen LogP contribution in [0.2, 0.25) is 0 Å². The highest BCUT2D eigenvalue weighted by molar-refractivity contribution is 5.95. The molecule has 136 valence electrons. The van der Waals surface area contributed by atoms with Gasteiger partial charge in [-0.25, -0.2) is 4.79 Å². The zero-order chi connectivity index (χ0) is 18.6. The number of ether oxygens (including phenoxy) is 1. The van der Waals surface area contributed by atoms with Gasteiger partial charge in [0, 0.05) is 24.2 Å². The van der Waals surface area contributed by atoms with Crippen molar-refractivity contribution in [1.82, 2.24) is 20.2 Å². The highest BCUT2D eigenvalue weighted by atomic mass is 16.5. The Morgan fingerprint density at radius 1 is 1.07 bits per heavy atom. The van der Waals surface area contributed by atoms with Gasteiger partial charge in [-0.1, -0.05) is 30.3 Å². The second-order valence-electron chi connectivity index (χ2n) is 6.13. The third-order valence-corrected chi connectivity index (χ3v) is 4.21. The van der Waals surface area contributed by atoms with Crippen LogP contribution in [0.1, 0.15) is 12.8 Å². The fourth-order valence-corrected chi connectivity index (χ4v) is 2.91. The van der Waals surface area contributed by atoms with Crippen LogP contribution < -0.4 is 9.64 Å². The molecule has 8 heteroatoms. The van der Waals surface area contributed by atoms with Gasteiger partial charge in [0.1, 0.15) is 5.75 Å². The Balaban J connectivity index is 1.37. The van der Waals surface area contributed by atoms with E-state index in [-0.39, 0.29) is 12.5 Å². The maximum Gasteiger partial charge on any atom is 0.335 e. The molecule has 0 saturated carbocycles. The summed E-state index contributed by atoms with van der Waals surface area (Å²) in [5.41, 5.74) is 1.63. The van der Waals surface area contributed by atoms with Gasteiger partial charge < -0.3 is 9.64 Å². The van der Waals surface area contributed by atoms with Crippen LogP contribution in [0.25, 0.3) is 11.4 Å². The Hall–Kier alpha value is -3.55. The van der Waals surface area contributed by atoms with E-state index >= 15 is 0 Å². The summed E-state index contributed by atoms with van der Waals surface area (Å²) in [6, 6.07) is 16.3. The quantitative estimate of drug-likeness (QED) is 0.509. The lowest BCUT2D eigenvalue weighted by Gasteiger charge is -2.15. The summed E-state index contributed by atoms with van der Waals surface area (Å²) in [7, 11) is 0. The highest BCUT2D eigenvalue weighted by Crippen LogP contribution is 2.24. The van der Waals surface area contributed by atoms with Gasteiger partial charge in [0.05, 0.1) is 0 Å². The first kappa shape index (κ1) is 16.9. The average Bonchev–Trinajstić information content (AvgIpc) is 3.32. The largest absolute Gasteiger partial charge is 0.425 e. The van der Waals surface area contributed by atoms with Gasteiger partial charge in [0.25, 0.3) is 0 Å². The van der Waals surface area contributed by atoms with Crippen molar-refractivity contribution >= 4 is 17.6 Å². The number of carbonyl (C=O) groups excluding carboxylic acids is 2. The van der Waals surface area contributed by atoms with E-state index < -0.39 is 5.97 Å². The number of carbonyl (C=O) groups is 2. The first-order chi connectivity index (χ1) is 13.2. The molecule has 1 saturated heterocycles. The smallest absolute Gasteiger partial charge is 0.335 e. The molecular weight excluding hydrogens is 346 g/mol. The molecule has 3 aromatic rings. The number of amides is 1. The predicted molar refractivity (Wildman–Crippen MR) is 96.9 cm³/mol. The third-order valence-electron chi connectivity index (χ3n) is 4.21. The molecule has 8 nitrogen and oxygen atoms in total. The molecule has 0 radical (unpaired) electrons. The summed E-state index contributed by atoms with van der Waals surface area (Å²) >= 11 is 0. The summed E-state index contributed by atoms with van der Waals surface area (Å²) in [4.78, 5) is 26.8. The molecule has 0 aliphatic carbocycles. The van der Waals surface area contributed by atoms with E-state index in [1.54, 1.807) is 29.2 Å². The Labute approximate surface area is 155 Å². The van der Waals surface area contributed by atoms with Gasteiger partial charge in [-0.2, -0.15) is 4.80 Å². The number of esters is 1. The van der Waals surface area contributed by atoms with E-state index in [2.05, 4.69) is 15.4 Å². The second-order valence-corrected chi connectivity index (χ2v) is 6.13. The lowest BCUT2D eigenvalue weighted by molar-refractivity contribution is -0.135. The van der Waals surface area contributed by atoms with Gasteiger partial charge in [0.15, 0.2) is 6.54 Å². The van der Waals surface area contributed by atoms with Crippen LogP contribution >= 0.6 is 0 Å². The maximum absolute atomic E-state index is 12.1. The van der Waals surface area contributed by atoms with Gasteiger partial charge in [0.2, 0.25) is 11.7 Å². The molecule has 1 aliphatic heterocycles. The number of aromatic nitrogens is 4. The molecule has 1 aromatic heterocycles. The highest BCUT2D eigenvalue weighted by Gasteiger charge is 2.21. The SMILES string of the molecule is O=C(Cn1nnc(-c2ccccc2)n1)Oc1ccc(N2CCCC2=O)cc1. The molecule has 0 atom stereocenters. The lowest BCUT2D eigenvalue weighted by atomic mass is 10.2. The fourth-order valence-electron chi connectivity index (χ4n) is 2.91. The number of hydrogen-bond acceptors (Lipinski definition) is 6. The van der Waals surface area contributed by atoms with E-state index in [0.29, 0.717) is 18.0 Å². The standard InChI is InChI=1S/C19H17N5O3/c25-17-7-4-12-23(17)15-8-10-16(11-9-15)27-18(26)13-24-21-19(20-22-24)14-5-2-1-3-6-14/h1-3,5-6,8-11H,4,7,12-13H2. The number of tetrazole rings is 1. The molecule has 4 rings (SSSR count). The van der Waals surface area contributed by atoms with Crippen molar-refractivity contribution in [2.24, 2.45) is 0 Å². The van der Waals surface area contributed by atoms with Crippen LogP contribution in [0.5, 0.6) is 5.75 Å². The van der Waals surface area contributed by atoms with Crippen LogP contribution in [0.3, 0.4) is 0 Å². The predicted octanol–water partition coefficient (Wildman–Crippen LogP) is 2.07. The molecule has 0 unspecified atom stereocenters. The minimum absolute atomic E-state index is 0.117. The van der Waals surface area contributed by atoms with Crippen LogP contribution in [0, 0.1) is 0 Å². The van der Waals surface area contributed by atoms with Crippen molar-refractivity contribution in [3.8, 4) is 17.1 Å². The number of benzene rings is 2. The lowest BCUT2D eigenvalue weighted by Crippen LogP contribution is -2.23. The molecule has 1 amide bonds. The van der Waals surface area contributed by atoms with E-state index in [4.69, 9.17) is 4.74 Å². The molecule has 0 bridgehead atoms. The van der Waals surface area contributed by atoms with Gasteiger partial charge >= 0.3 is 5.97 Å². The Kier molecular flexibility index (Phi) is 4.61. The van der Waals surface area contributed by atoms with E-state index in [0.717, 1.165) is 24.2 Å². The minimum Gasteiger partial charge on any atom is -0.425 e. The van der Waals surface area contributed by atoms with Gasteiger partial charge in [-0.15, -0.1) is 10.2 Å². The number of nitrogens with zero attached hydrogens (tertiary/aromatic N) is 5. The normalized spacial score (nSPS) is 13.8. The summed E-state index contributed by atoms with van der Waals surface area (Å²) < 4.78 is 5.31. The second kappa shape index (κ2) is 7.36. The summed E-state index contributed by atoms with van der Waals surface area (Å²) in [5, 5.41) is 12.0. The van der Waals surface area contributed by atoms with Crippen molar-refractivity contribution in [2.75, 3.05) is 11.4 Å². The van der Waals surface area contributed by atoms with E-state index in [9.17, 15) is 9.59 Å². The molecule has 1 aliphatic rings. The Morgan fingerprint density at radius 3 is 2.56 bits per heavy atom. The Bertz CT molecular complexity index is 953. The number of hydrogen-bond donors (Lipinski definition) is 0. The fraction of sp³-hybridized carbons (Fsp3) is 0.211.